The average Bonchev–Trinajstić information content (AvgIpc) is 2.37. The van der Waals surface area contributed by atoms with Crippen LogP contribution in [-0.4, -0.2) is 43.9 Å². The molecule has 0 unspecified atom stereocenters. The average molecular weight is 353 g/mol. The molecule has 0 aliphatic carbocycles. The molecule has 2 N–H and O–H groups in total. The first-order valence-corrected chi connectivity index (χ1v) is 8.33. The zero-order valence-electron chi connectivity index (χ0n) is 11.1. The highest BCUT2D eigenvalue weighted by molar-refractivity contribution is 7.89. The predicted octanol–water partition coefficient (Wildman–Crippen LogP) is 1.26. The molecule has 0 aromatic heterocycles. The number of amides is 1. The monoisotopic (exact) mass is 352 g/mol. The zero-order valence-corrected chi connectivity index (χ0v) is 13.5. The molecule has 0 bridgehead atoms. The smallest absolute Gasteiger partial charge is 0.246 e. The molecule has 6 nitrogen and oxygen atoms in total. The largest absolute Gasteiger partial charge is 0.375 e. The minimum atomic E-state index is -4.06. The standard InChI is InChI=1S/C12H14Cl2N2O4S/c1-7-10(12(15)17)16(5-6-20-7)21(18,19)11-8(13)3-2-4-9(11)14/h2-4,7,10H,5-6H2,1H3,(H2,15,17)/t7-,10+/m1/s1. The van der Waals surface area contributed by atoms with Crippen LogP contribution >= 0.6 is 23.2 Å². The van der Waals surface area contributed by atoms with Crippen molar-refractivity contribution in [2.24, 2.45) is 5.73 Å². The lowest BCUT2D eigenvalue weighted by Gasteiger charge is -2.37. The first kappa shape index (κ1) is 16.5. The van der Waals surface area contributed by atoms with Gasteiger partial charge in [0, 0.05) is 6.54 Å². The van der Waals surface area contributed by atoms with Gasteiger partial charge >= 0.3 is 0 Å². The Balaban J connectivity index is 2.54. The van der Waals surface area contributed by atoms with Crippen molar-refractivity contribution in [1.82, 2.24) is 4.31 Å². The van der Waals surface area contributed by atoms with E-state index < -0.39 is 28.1 Å². The lowest BCUT2D eigenvalue weighted by atomic mass is 10.1. The molecule has 0 radical (unpaired) electrons. The number of morpholine rings is 1. The molecule has 9 heteroatoms. The highest BCUT2D eigenvalue weighted by Gasteiger charge is 2.42. The summed E-state index contributed by atoms with van der Waals surface area (Å²) in [4.78, 5) is 11.4. The Hall–Kier alpha value is -0.860. The van der Waals surface area contributed by atoms with Crippen LogP contribution in [-0.2, 0) is 19.6 Å². The number of ether oxygens (including phenoxy) is 1. The fourth-order valence-electron chi connectivity index (χ4n) is 2.28. The summed E-state index contributed by atoms with van der Waals surface area (Å²) >= 11 is 11.9. The molecule has 1 aromatic rings. The summed E-state index contributed by atoms with van der Waals surface area (Å²) in [5.41, 5.74) is 5.31. The number of sulfonamides is 1. The van der Waals surface area contributed by atoms with Crippen LogP contribution < -0.4 is 5.73 Å². The van der Waals surface area contributed by atoms with Gasteiger partial charge in [0.25, 0.3) is 0 Å². The Morgan fingerprint density at radius 2 is 1.95 bits per heavy atom. The number of primary amides is 1. The van der Waals surface area contributed by atoms with Crippen molar-refractivity contribution >= 4 is 39.1 Å². The van der Waals surface area contributed by atoms with Crippen molar-refractivity contribution in [2.75, 3.05) is 13.2 Å². The summed E-state index contributed by atoms with van der Waals surface area (Å²) in [5, 5.41) is -0.0188. The van der Waals surface area contributed by atoms with Crippen LogP contribution in [0.2, 0.25) is 10.0 Å². The maximum absolute atomic E-state index is 12.8. The number of hydrogen-bond acceptors (Lipinski definition) is 4. The van der Waals surface area contributed by atoms with Gasteiger partial charge in [-0.25, -0.2) is 8.42 Å². The number of nitrogens with two attached hydrogens (primary N) is 1. The molecule has 1 heterocycles. The molecular weight excluding hydrogens is 339 g/mol. The highest BCUT2D eigenvalue weighted by atomic mass is 35.5. The van der Waals surface area contributed by atoms with Crippen molar-refractivity contribution in [2.45, 2.75) is 24.0 Å². The summed E-state index contributed by atoms with van der Waals surface area (Å²) in [6.45, 7) is 1.75. The van der Waals surface area contributed by atoms with E-state index in [-0.39, 0.29) is 28.1 Å². The van der Waals surface area contributed by atoms with E-state index in [0.717, 1.165) is 4.31 Å². The van der Waals surface area contributed by atoms with E-state index in [1.165, 1.54) is 18.2 Å². The summed E-state index contributed by atoms with van der Waals surface area (Å²) in [5.74, 6) is -0.783. The van der Waals surface area contributed by atoms with Crippen molar-refractivity contribution in [1.29, 1.82) is 0 Å². The van der Waals surface area contributed by atoms with Crippen LogP contribution in [0.3, 0.4) is 0 Å². The van der Waals surface area contributed by atoms with Crippen LogP contribution in [0.5, 0.6) is 0 Å². The van der Waals surface area contributed by atoms with Crippen LogP contribution in [0.4, 0.5) is 0 Å². The molecular formula is C12H14Cl2N2O4S. The summed E-state index contributed by atoms with van der Waals surface area (Å²) in [6.07, 6.45) is -0.646. The number of carbonyl (C=O) groups is 1. The van der Waals surface area contributed by atoms with Gasteiger partial charge < -0.3 is 10.5 Å². The molecule has 21 heavy (non-hydrogen) atoms. The number of nitrogens with zero attached hydrogens (tertiary/aromatic N) is 1. The minimum absolute atomic E-state index is 0.00182. The SMILES string of the molecule is C[C@H]1OCCN(S(=O)(=O)c2c(Cl)cccc2Cl)[C@@H]1C(N)=O. The van der Waals surface area contributed by atoms with Crippen molar-refractivity contribution in [3.8, 4) is 0 Å². The van der Waals surface area contributed by atoms with E-state index in [9.17, 15) is 13.2 Å². The molecule has 2 rings (SSSR count). The molecule has 1 amide bonds. The van der Waals surface area contributed by atoms with Crippen LogP contribution in [0, 0.1) is 0 Å². The van der Waals surface area contributed by atoms with Gasteiger partial charge in [0.2, 0.25) is 15.9 Å². The normalized spacial score (nSPS) is 24.0. The Morgan fingerprint density at radius 3 is 2.48 bits per heavy atom. The topological polar surface area (TPSA) is 89.7 Å². The van der Waals surface area contributed by atoms with E-state index in [0.29, 0.717) is 0 Å². The second kappa shape index (κ2) is 6.10. The minimum Gasteiger partial charge on any atom is -0.375 e. The predicted molar refractivity (Wildman–Crippen MR) is 78.8 cm³/mol. The van der Waals surface area contributed by atoms with Crippen LogP contribution in [0.1, 0.15) is 6.92 Å². The highest BCUT2D eigenvalue weighted by Crippen LogP contribution is 2.33. The van der Waals surface area contributed by atoms with E-state index in [2.05, 4.69) is 0 Å². The molecule has 1 aliphatic heterocycles. The molecule has 1 aliphatic rings. The first-order chi connectivity index (χ1) is 9.76. The third-order valence-corrected chi connectivity index (χ3v) is 6.06. The second-order valence-electron chi connectivity index (χ2n) is 4.59. The number of rotatable bonds is 3. The second-order valence-corrected chi connectivity index (χ2v) is 7.23. The van der Waals surface area contributed by atoms with E-state index in [4.69, 9.17) is 33.7 Å². The Kier molecular flexibility index (Phi) is 4.79. The fourth-order valence-corrected chi connectivity index (χ4v) is 5.02. The lowest BCUT2D eigenvalue weighted by molar-refractivity contribution is -0.130. The van der Waals surface area contributed by atoms with E-state index in [1.54, 1.807) is 6.92 Å². The number of carbonyl (C=O) groups excluding carboxylic acids is 1. The van der Waals surface area contributed by atoms with Gasteiger partial charge in [-0.1, -0.05) is 29.3 Å². The molecule has 2 atom stereocenters. The van der Waals surface area contributed by atoms with Gasteiger partial charge in [-0.15, -0.1) is 0 Å². The van der Waals surface area contributed by atoms with Crippen molar-refractivity contribution in [3.05, 3.63) is 28.2 Å². The summed E-state index contributed by atoms with van der Waals surface area (Å²) in [6, 6.07) is 3.28. The fraction of sp³-hybridized carbons (Fsp3) is 0.417. The molecule has 1 aromatic carbocycles. The first-order valence-electron chi connectivity index (χ1n) is 6.13. The molecule has 1 saturated heterocycles. The lowest BCUT2D eigenvalue weighted by Crippen LogP contribution is -2.58. The van der Waals surface area contributed by atoms with Gasteiger partial charge in [-0.2, -0.15) is 4.31 Å². The summed E-state index contributed by atoms with van der Waals surface area (Å²) in [7, 11) is -4.06. The van der Waals surface area contributed by atoms with Gasteiger partial charge in [0.15, 0.2) is 0 Å². The van der Waals surface area contributed by atoms with Crippen LogP contribution in [0.15, 0.2) is 23.1 Å². The number of benzene rings is 1. The maximum atomic E-state index is 12.8. The Labute approximate surface area is 132 Å². The quantitative estimate of drug-likeness (QED) is 0.886. The van der Waals surface area contributed by atoms with Crippen molar-refractivity contribution in [3.63, 3.8) is 0 Å². The van der Waals surface area contributed by atoms with Gasteiger partial charge in [-0.05, 0) is 19.1 Å². The number of hydrogen-bond donors (Lipinski definition) is 1. The van der Waals surface area contributed by atoms with Gasteiger partial charge in [-0.3, -0.25) is 4.79 Å². The maximum Gasteiger partial charge on any atom is 0.246 e. The molecule has 116 valence electrons. The molecule has 0 saturated carbocycles. The molecule has 1 fully saturated rings. The molecule has 0 spiro atoms. The van der Waals surface area contributed by atoms with E-state index >= 15 is 0 Å². The van der Waals surface area contributed by atoms with Crippen LogP contribution in [0.25, 0.3) is 0 Å². The third-order valence-electron chi connectivity index (χ3n) is 3.22. The number of halogens is 2. The van der Waals surface area contributed by atoms with Gasteiger partial charge in [0.05, 0.1) is 22.8 Å². The third kappa shape index (κ3) is 3.02. The Morgan fingerprint density at radius 1 is 1.38 bits per heavy atom. The van der Waals surface area contributed by atoms with E-state index in [1.807, 2.05) is 0 Å². The summed E-state index contributed by atoms with van der Waals surface area (Å²) < 4.78 is 31.9. The van der Waals surface area contributed by atoms with Gasteiger partial charge in [0.1, 0.15) is 10.9 Å². The van der Waals surface area contributed by atoms with Crippen molar-refractivity contribution < 1.29 is 17.9 Å². The zero-order chi connectivity index (χ0) is 15.8. The Bertz CT molecular complexity index is 645.